The average molecular weight is 374 g/mol. The zero-order chi connectivity index (χ0) is 19.3. The maximum absolute atomic E-state index is 13.0. The largest absolute Gasteiger partial charge is 0.494 e. The third-order valence-corrected chi connectivity index (χ3v) is 6.28. The molecule has 1 aromatic carbocycles. The summed E-state index contributed by atoms with van der Waals surface area (Å²) in [5.74, 6) is 1.19. The molecule has 0 unspecified atom stereocenters. The molecule has 1 atom stereocenters. The molecule has 1 aromatic rings. The molecule has 5 heteroatoms. The summed E-state index contributed by atoms with van der Waals surface area (Å²) < 4.78 is 5.86. The van der Waals surface area contributed by atoms with Gasteiger partial charge in [0.15, 0.2) is 0 Å². The van der Waals surface area contributed by atoms with Crippen LogP contribution in [0.25, 0.3) is 0 Å². The number of carbonyl (C=O) groups excluding carboxylic acids is 1. The number of amides is 1. The van der Waals surface area contributed by atoms with Gasteiger partial charge < -0.3 is 15.0 Å². The molecule has 0 bridgehead atoms. The number of piperidine rings is 1. The van der Waals surface area contributed by atoms with Crippen LogP contribution in [0, 0.1) is 5.41 Å². The lowest BCUT2D eigenvalue weighted by atomic mass is 9.77. The van der Waals surface area contributed by atoms with Crippen molar-refractivity contribution < 1.29 is 9.53 Å². The lowest BCUT2D eigenvalue weighted by Crippen LogP contribution is -2.43. The molecule has 27 heavy (non-hydrogen) atoms. The average Bonchev–Trinajstić information content (AvgIpc) is 3.00. The van der Waals surface area contributed by atoms with Gasteiger partial charge in [0.25, 0.3) is 0 Å². The lowest BCUT2D eigenvalue weighted by molar-refractivity contribution is -0.134. The number of ether oxygens (including phenoxy) is 1. The third kappa shape index (κ3) is 5.02. The van der Waals surface area contributed by atoms with E-state index in [2.05, 4.69) is 36.3 Å². The van der Waals surface area contributed by atoms with Gasteiger partial charge in [-0.15, -0.1) is 0 Å². The van der Waals surface area contributed by atoms with Crippen molar-refractivity contribution in [2.45, 2.75) is 45.1 Å². The minimum absolute atomic E-state index is 0.0373. The monoisotopic (exact) mass is 373 g/mol. The number of nitrogens with one attached hydrogen (secondary N) is 1. The van der Waals surface area contributed by atoms with Crippen molar-refractivity contribution in [1.82, 2.24) is 15.1 Å². The Morgan fingerprint density at radius 2 is 2.15 bits per heavy atom. The molecule has 3 rings (SSSR count). The van der Waals surface area contributed by atoms with E-state index in [1.54, 1.807) is 0 Å². The molecule has 150 valence electrons. The quantitative estimate of drug-likeness (QED) is 0.746. The fourth-order valence-corrected chi connectivity index (χ4v) is 4.58. The summed E-state index contributed by atoms with van der Waals surface area (Å²) in [6.07, 6.45) is 5.25. The summed E-state index contributed by atoms with van der Waals surface area (Å²) in [5.41, 5.74) is 1.63. The highest BCUT2D eigenvalue weighted by Gasteiger charge is 2.46. The van der Waals surface area contributed by atoms with E-state index in [9.17, 15) is 4.79 Å². The highest BCUT2D eigenvalue weighted by atomic mass is 16.5. The van der Waals surface area contributed by atoms with Crippen molar-refractivity contribution >= 4 is 5.91 Å². The Hall–Kier alpha value is -1.59. The third-order valence-electron chi connectivity index (χ3n) is 6.28. The van der Waals surface area contributed by atoms with Crippen molar-refractivity contribution in [1.29, 1.82) is 0 Å². The predicted octanol–water partition coefficient (Wildman–Crippen LogP) is 2.55. The number of hydrogen-bond acceptors (Lipinski definition) is 4. The van der Waals surface area contributed by atoms with Crippen LogP contribution in [0.2, 0.25) is 0 Å². The number of likely N-dealkylation sites (tertiary alicyclic amines) is 1. The van der Waals surface area contributed by atoms with E-state index in [0.717, 1.165) is 51.2 Å². The van der Waals surface area contributed by atoms with Crippen LogP contribution in [-0.4, -0.2) is 68.6 Å². The minimum Gasteiger partial charge on any atom is -0.494 e. The number of benzene rings is 1. The van der Waals surface area contributed by atoms with E-state index in [1.165, 1.54) is 18.4 Å². The summed E-state index contributed by atoms with van der Waals surface area (Å²) in [4.78, 5) is 17.1. The SMILES string of the molecule is CCc1cccc(OCCCN(C)C(=O)[C@@H]2CC3(CCNCC3)CN2C)c1. The second-order valence-electron chi connectivity index (χ2n) is 8.35. The molecule has 2 aliphatic rings. The van der Waals surface area contributed by atoms with Crippen LogP contribution in [0.15, 0.2) is 24.3 Å². The second-order valence-corrected chi connectivity index (χ2v) is 8.35. The number of rotatable bonds is 7. The van der Waals surface area contributed by atoms with Gasteiger partial charge >= 0.3 is 0 Å². The first-order valence-corrected chi connectivity index (χ1v) is 10.4. The molecule has 2 saturated heterocycles. The standard InChI is InChI=1S/C22H35N3O2/c1-4-18-7-5-8-19(15-18)27-14-6-13-24(2)21(26)20-16-22(17-25(20)3)9-11-23-12-10-22/h5,7-8,15,20,23H,4,6,9-14,16-17H2,1-3H3/t20-/m0/s1. The van der Waals surface area contributed by atoms with Crippen LogP contribution in [0.1, 0.15) is 38.2 Å². The van der Waals surface area contributed by atoms with E-state index in [4.69, 9.17) is 4.74 Å². The molecule has 1 N–H and O–H groups in total. The highest BCUT2D eigenvalue weighted by molar-refractivity contribution is 5.82. The Labute approximate surface area is 164 Å². The van der Waals surface area contributed by atoms with Crippen LogP contribution < -0.4 is 10.1 Å². The van der Waals surface area contributed by atoms with E-state index < -0.39 is 0 Å². The van der Waals surface area contributed by atoms with Crippen LogP contribution in [0.4, 0.5) is 0 Å². The predicted molar refractivity (Wildman–Crippen MR) is 109 cm³/mol. The number of hydrogen-bond donors (Lipinski definition) is 1. The first kappa shape index (κ1) is 20.2. The Morgan fingerprint density at radius 1 is 1.37 bits per heavy atom. The van der Waals surface area contributed by atoms with Gasteiger partial charge in [-0.25, -0.2) is 0 Å². The summed E-state index contributed by atoms with van der Waals surface area (Å²) in [6, 6.07) is 8.29. The maximum Gasteiger partial charge on any atom is 0.239 e. The number of likely N-dealkylation sites (N-methyl/N-ethyl adjacent to an activating group) is 2. The Balaban J connectivity index is 1.43. The van der Waals surface area contributed by atoms with Gasteiger partial charge in [-0.1, -0.05) is 19.1 Å². The fraction of sp³-hybridized carbons (Fsp3) is 0.682. The topological polar surface area (TPSA) is 44.8 Å². The summed E-state index contributed by atoms with van der Waals surface area (Å²) in [5, 5.41) is 3.44. The number of aryl methyl sites for hydroxylation is 1. The van der Waals surface area contributed by atoms with Gasteiger partial charge in [0.2, 0.25) is 5.91 Å². The van der Waals surface area contributed by atoms with E-state index in [-0.39, 0.29) is 11.9 Å². The van der Waals surface area contributed by atoms with Crippen LogP contribution in [-0.2, 0) is 11.2 Å². The zero-order valence-electron chi connectivity index (χ0n) is 17.2. The molecule has 2 heterocycles. The van der Waals surface area contributed by atoms with Crippen molar-refractivity contribution in [3.8, 4) is 5.75 Å². The summed E-state index contributed by atoms with van der Waals surface area (Å²) >= 11 is 0. The molecular weight excluding hydrogens is 338 g/mol. The molecule has 2 fully saturated rings. The number of carbonyl (C=O) groups is 1. The van der Waals surface area contributed by atoms with Gasteiger partial charge in [0, 0.05) is 20.1 Å². The molecule has 0 aliphatic carbocycles. The second kappa shape index (κ2) is 9.07. The van der Waals surface area contributed by atoms with Gasteiger partial charge in [0.05, 0.1) is 12.6 Å². The van der Waals surface area contributed by atoms with E-state index in [1.807, 2.05) is 24.1 Å². The fourth-order valence-electron chi connectivity index (χ4n) is 4.58. The molecule has 1 spiro atoms. The number of nitrogens with zero attached hydrogens (tertiary/aromatic N) is 2. The molecule has 0 saturated carbocycles. The molecule has 2 aliphatic heterocycles. The molecule has 0 radical (unpaired) electrons. The summed E-state index contributed by atoms with van der Waals surface area (Å²) in [6.45, 7) is 6.75. The van der Waals surface area contributed by atoms with Crippen LogP contribution >= 0.6 is 0 Å². The zero-order valence-corrected chi connectivity index (χ0v) is 17.2. The van der Waals surface area contributed by atoms with Crippen molar-refractivity contribution in [2.75, 3.05) is 46.9 Å². The van der Waals surface area contributed by atoms with Crippen LogP contribution in [0.5, 0.6) is 5.75 Å². The van der Waals surface area contributed by atoms with Gasteiger partial charge in [0.1, 0.15) is 5.75 Å². The van der Waals surface area contributed by atoms with E-state index >= 15 is 0 Å². The van der Waals surface area contributed by atoms with Gasteiger partial charge in [-0.3, -0.25) is 9.69 Å². The summed E-state index contributed by atoms with van der Waals surface area (Å²) in [7, 11) is 4.04. The Bertz CT molecular complexity index is 628. The minimum atomic E-state index is 0.0373. The molecule has 5 nitrogen and oxygen atoms in total. The maximum atomic E-state index is 13.0. The molecule has 0 aromatic heterocycles. The van der Waals surface area contributed by atoms with Gasteiger partial charge in [-0.2, -0.15) is 0 Å². The lowest BCUT2D eigenvalue weighted by Gasteiger charge is -2.33. The van der Waals surface area contributed by atoms with Crippen LogP contribution in [0.3, 0.4) is 0 Å². The van der Waals surface area contributed by atoms with Gasteiger partial charge in [-0.05, 0) is 75.4 Å². The normalized spacial score (nSPS) is 22.1. The van der Waals surface area contributed by atoms with Crippen molar-refractivity contribution in [3.63, 3.8) is 0 Å². The molecule has 1 amide bonds. The smallest absolute Gasteiger partial charge is 0.239 e. The Morgan fingerprint density at radius 3 is 2.89 bits per heavy atom. The first-order chi connectivity index (χ1) is 13.0. The van der Waals surface area contributed by atoms with Crippen molar-refractivity contribution in [2.24, 2.45) is 5.41 Å². The Kier molecular flexibility index (Phi) is 6.77. The van der Waals surface area contributed by atoms with E-state index in [0.29, 0.717) is 12.0 Å². The highest BCUT2D eigenvalue weighted by Crippen LogP contribution is 2.41. The van der Waals surface area contributed by atoms with Crippen molar-refractivity contribution in [3.05, 3.63) is 29.8 Å². The molecular formula is C22H35N3O2. The first-order valence-electron chi connectivity index (χ1n) is 10.4.